The van der Waals surface area contributed by atoms with E-state index in [1.54, 1.807) is 25.3 Å². The number of sulfonamides is 1. The summed E-state index contributed by atoms with van der Waals surface area (Å²) in [7, 11) is -1.83. The summed E-state index contributed by atoms with van der Waals surface area (Å²) in [5.74, 6) is 0.967. The fourth-order valence-corrected chi connectivity index (χ4v) is 3.98. The minimum atomic E-state index is -3.41. The maximum Gasteiger partial charge on any atom is 0.243 e. The number of hydrogen-bond donors (Lipinski definition) is 1. The van der Waals surface area contributed by atoms with Crippen molar-refractivity contribution in [2.75, 3.05) is 26.7 Å². The van der Waals surface area contributed by atoms with Crippen LogP contribution in [0.5, 0.6) is 5.75 Å². The second-order valence-corrected chi connectivity index (χ2v) is 6.82. The van der Waals surface area contributed by atoms with Gasteiger partial charge in [0.25, 0.3) is 0 Å². The van der Waals surface area contributed by atoms with Gasteiger partial charge in [0.05, 0.1) is 12.0 Å². The van der Waals surface area contributed by atoms with Crippen molar-refractivity contribution in [3.05, 3.63) is 23.8 Å². The van der Waals surface area contributed by atoms with Gasteiger partial charge in [-0.05, 0) is 49.6 Å². The minimum Gasteiger partial charge on any atom is -0.496 e. The molecule has 114 valence electrons. The lowest BCUT2D eigenvalue weighted by atomic mass is 10.1. The minimum absolute atomic E-state index is 0. The normalized spacial score (nSPS) is 19.6. The summed E-state index contributed by atoms with van der Waals surface area (Å²) in [5, 5.41) is 0. The van der Waals surface area contributed by atoms with Crippen LogP contribution in [-0.4, -0.2) is 39.5 Å². The van der Waals surface area contributed by atoms with Crippen molar-refractivity contribution >= 4 is 22.4 Å². The number of nitrogens with zero attached hydrogens (tertiary/aromatic N) is 1. The summed E-state index contributed by atoms with van der Waals surface area (Å²) in [4.78, 5) is 0.323. The Hall–Kier alpha value is -0.820. The Bertz CT molecular complexity index is 563. The van der Waals surface area contributed by atoms with Gasteiger partial charge in [-0.2, -0.15) is 4.31 Å². The zero-order chi connectivity index (χ0) is 14.0. The Kier molecular flexibility index (Phi) is 5.82. The van der Waals surface area contributed by atoms with E-state index >= 15 is 0 Å². The van der Waals surface area contributed by atoms with Crippen LogP contribution in [0.15, 0.2) is 23.1 Å². The molecular formula is C13H21ClN2O3S. The van der Waals surface area contributed by atoms with E-state index < -0.39 is 10.0 Å². The zero-order valence-corrected chi connectivity index (χ0v) is 13.3. The van der Waals surface area contributed by atoms with Crippen LogP contribution < -0.4 is 10.5 Å². The van der Waals surface area contributed by atoms with Gasteiger partial charge in [0.1, 0.15) is 5.75 Å². The smallest absolute Gasteiger partial charge is 0.243 e. The summed E-state index contributed by atoms with van der Waals surface area (Å²) in [6.45, 7) is 3.44. The molecule has 20 heavy (non-hydrogen) atoms. The molecule has 1 atom stereocenters. The highest BCUT2D eigenvalue weighted by atomic mass is 35.5. The number of rotatable bonds is 4. The molecule has 5 nitrogen and oxygen atoms in total. The molecule has 7 heteroatoms. The number of nitrogens with two attached hydrogens (primary N) is 1. The van der Waals surface area contributed by atoms with Gasteiger partial charge >= 0.3 is 0 Å². The van der Waals surface area contributed by atoms with Gasteiger partial charge in [-0.1, -0.05) is 0 Å². The Labute approximate surface area is 126 Å². The Morgan fingerprint density at radius 2 is 2.15 bits per heavy atom. The highest BCUT2D eigenvalue weighted by Gasteiger charge is 2.32. The van der Waals surface area contributed by atoms with Crippen molar-refractivity contribution in [2.45, 2.75) is 18.2 Å². The third-order valence-electron chi connectivity index (χ3n) is 3.59. The lowest BCUT2D eigenvalue weighted by Gasteiger charge is -2.17. The zero-order valence-electron chi connectivity index (χ0n) is 11.7. The first-order valence-corrected chi connectivity index (χ1v) is 7.78. The van der Waals surface area contributed by atoms with Gasteiger partial charge in [0.15, 0.2) is 0 Å². The molecule has 2 N–H and O–H groups in total. The van der Waals surface area contributed by atoms with Crippen LogP contribution in [0.4, 0.5) is 0 Å². The van der Waals surface area contributed by atoms with Gasteiger partial charge in [-0.25, -0.2) is 8.42 Å². The first kappa shape index (κ1) is 17.2. The second-order valence-electron chi connectivity index (χ2n) is 4.88. The molecule has 2 rings (SSSR count). The van der Waals surface area contributed by atoms with Crippen LogP contribution in [0.1, 0.15) is 12.0 Å². The van der Waals surface area contributed by atoms with E-state index in [2.05, 4.69) is 0 Å². The average Bonchev–Trinajstić information content (AvgIpc) is 2.88. The molecule has 0 aromatic heterocycles. The molecule has 0 spiro atoms. The predicted octanol–water partition coefficient (Wildman–Crippen LogP) is 1.39. The van der Waals surface area contributed by atoms with Crippen molar-refractivity contribution < 1.29 is 13.2 Å². The molecule has 0 amide bonds. The monoisotopic (exact) mass is 320 g/mol. The van der Waals surface area contributed by atoms with Crippen LogP contribution in [-0.2, 0) is 10.0 Å². The largest absolute Gasteiger partial charge is 0.496 e. The molecule has 1 saturated heterocycles. The average molecular weight is 321 g/mol. The van der Waals surface area contributed by atoms with E-state index in [0.29, 0.717) is 30.3 Å². The van der Waals surface area contributed by atoms with E-state index in [9.17, 15) is 8.42 Å². The van der Waals surface area contributed by atoms with Crippen molar-refractivity contribution in [3.8, 4) is 5.75 Å². The van der Waals surface area contributed by atoms with Crippen molar-refractivity contribution in [1.29, 1.82) is 0 Å². The molecule has 1 unspecified atom stereocenters. The second kappa shape index (κ2) is 6.76. The first-order chi connectivity index (χ1) is 8.98. The lowest BCUT2D eigenvalue weighted by molar-refractivity contribution is 0.411. The fourth-order valence-electron chi connectivity index (χ4n) is 2.37. The van der Waals surface area contributed by atoms with Gasteiger partial charge in [-0.15, -0.1) is 12.4 Å². The molecule has 1 aliphatic heterocycles. The van der Waals surface area contributed by atoms with Crippen LogP contribution in [0.3, 0.4) is 0 Å². The summed E-state index contributed by atoms with van der Waals surface area (Å²) in [6, 6.07) is 4.94. The van der Waals surface area contributed by atoms with Crippen molar-refractivity contribution in [1.82, 2.24) is 4.31 Å². The number of methoxy groups -OCH3 is 1. The van der Waals surface area contributed by atoms with E-state index in [1.165, 1.54) is 4.31 Å². The van der Waals surface area contributed by atoms with E-state index in [0.717, 1.165) is 12.0 Å². The number of aryl methyl sites for hydroxylation is 1. The maximum atomic E-state index is 12.5. The lowest BCUT2D eigenvalue weighted by Crippen LogP contribution is -2.30. The molecule has 0 saturated carbocycles. The standard InChI is InChI=1S/C13H20N2O3S.ClH/c1-10-7-12(3-4-13(10)18-2)19(16,17)15-6-5-11(8-14)9-15;/h3-4,7,11H,5-6,8-9,14H2,1-2H3;1H. The molecule has 0 bridgehead atoms. The molecule has 1 aromatic rings. The van der Waals surface area contributed by atoms with Crippen molar-refractivity contribution in [3.63, 3.8) is 0 Å². The van der Waals surface area contributed by atoms with E-state index in [4.69, 9.17) is 10.5 Å². The van der Waals surface area contributed by atoms with E-state index in [1.807, 2.05) is 6.92 Å². The fraction of sp³-hybridized carbons (Fsp3) is 0.538. The molecule has 0 aliphatic carbocycles. The molecular weight excluding hydrogens is 300 g/mol. The summed E-state index contributed by atoms with van der Waals surface area (Å²) < 4.78 is 31.7. The number of hydrogen-bond acceptors (Lipinski definition) is 4. The van der Waals surface area contributed by atoms with Crippen LogP contribution in [0.2, 0.25) is 0 Å². The Morgan fingerprint density at radius 1 is 1.45 bits per heavy atom. The number of ether oxygens (including phenoxy) is 1. The molecule has 1 heterocycles. The summed E-state index contributed by atoms with van der Waals surface area (Å²) in [5.41, 5.74) is 6.42. The van der Waals surface area contributed by atoms with Crippen LogP contribution in [0.25, 0.3) is 0 Å². The quantitative estimate of drug-likeness (QED) is 0.910. The highest BCUT2D eigenvalue weighted by Crippen LogP contribution is 2.27. The SMILES string of the molecule is COc1ccc(S(=O)(=O)N2CCC(CN)C2)cc1C.Cl. The number of benzene rings is 1. The molecule has 1 aromatic carbocycles. The Balaban J connectivity index is 0.00000200. The predicted molar refractivity (Wildman–Crippen MR) is 80.9 cm³/mol. The van der Waals surface area contributed by atoms with Gasteiger partial charge in [0.2, 0.25) is 10.0 Å². The third-order valence-corrected chi connectivity index (χ3v) is 5.45. The topological polar surface area (TPSA) is 72.6 Å². The van der Waals surface area contributed by atoms with Gasteiger partial charge in [-0.3, -0.25) is 0 Å². The van der Waals surface area contributed by atoms with Gasteiger partial charge in [0, 0.05) is 13.1 Å². The van der Waals surface area contributed by atoms with Crippen molar-refractivity contribution in [2.24, 2.45) is 11.7 Å². The Morgan fingerprint density at radius 3 is 2.65 bits per heavy atom. The number of halogens is 1. The highest BCUT2D eigenvalue weighted by molar-refractivity contribution is 7.89. The first-order valence-electron chi connectivity index (χ1n) is 6.34. The summed E-state index contributed by atoms with van der Waals surface area (Å²) >= 11 is 0. The molecule has 1 aliphatic rings. The molecule has 1 fully saturated rings. The van der Waals surface area contributed by atoms with Crippen LogP contribution >= 0.6 is 12.4 Å². The summed E-state index contributed by atoms with van der Waals surface area (Å²) in [6.07, 6.45) is 0.838. The third kappa shape index (κ3) is 3.25. The maximum absolute atomic E-state index is 12.5. The molecule has 0 radical (unpaired) electrons. The van der Waals surface area contributed by atoms with Gasteiger partial charge < -0.3 is 10.5 Å². The van der Waals surface area contributed by atoms with Crippen LogP contribution in [0, 0.1) is 12.8 Å². The van der Waals surface area contributed by atoms with E-state index in [-0.39, 0.29) is 18.3 Å².